The Kier molecular flexibility index (Phi) is 13.5. The molecule has 0 aliphatic carbocycles. The third kappa shape index (κ3) is 11.4. The van der Waals surface area contributed by atoms with Crippen molar-refractivity contribution in [3.63, 3.8) is 0 Å². The zero-order valence-electron chi connectivity index (χ0n) is 24.2. The Morgan fingerprint density at radius 3 is 1.98 bits per heavy atom. The molecule has 0 fully saturated rings. The highest BCUT2D eigenvalue weighted by Crippen LogP contribution is 2.37. The molecule has 1 unspecified atom stereocenters. The zero-order chi connectivity index (χ0) is 30.8. The highest BCUT2D eigenvalue weighted by atomic mass is 19.4. The van der Waals surface area contributed by atoms with E-state index in [1.54, 1.807) is 11.8 Å². The summed E-state index contributed by atoms with van der Waals surface area (Å²) in [6, 6.07) is 1.20. The van der Waals surface area contributed by atoms with Gasteiger partial charge in [-0.1, -0.05) is 47.1 Å². The highest BCUT2D eigenvalue weighted by Gasteiger charge is 2.37. The van der Waals surface area contributed by atoms with Crippen LogP contribution in [0, 0.1) is 17.8 Å². The molecule has 226 valence electrons. The lowest BCUT2D eigenvalue weighted by Gasteiger charge is -2.37. The molecular weight excluding hydrogens is 534 g/mol. The first kappa shape index (κ1) is 35.2. The number of aliphatic hydroxyl groups excluding tert-OH is 1. The maximum absolute atomic E-state index is 13.6. The molecule has 1 rings (SSSR count). The number of aliphatic hydroxyl groups is 1. The Bertz CT molecular complexity index is 1010. The lowest BCUT2D eigenvalue weighted by atomic mass is 9.83. The van der Waals surface area contributed by atoms with Gasteiger partial charge in [-0.05, 0) is 74.8 Å². The molecular formula is C30H42F6N2O2. The van der Waals surface area contributed by atoms with Crippen molar-refractivity contribution in [1.29, 1.82) is 0 Å². The summed E-state index contributed by atoms with van der Waals surface area (Å²) < 4.78 is 81.5. The molecule has 0 spiro atoms. The molecule has 0 heterocycles. The van der Waals surface area contributed by atoms with E-state index in [1.165, 1.54) is 13.0 Å². The van der Waals surface area contributed by atoms with Crippen LogP contribution in [0.3, 0.4) is 0 Å². The van der Waals surface area contributed by atoms with Crippen LogP contribution in [0.2, 0.25) is 0 Å². The van der Waals surface area contributed by atoms with Crippen LogP contribution in [-0.4, -0.2) is 28.0 Å². The van der Waals surface area contributed by atoms with Crippen LogP contribution in [0.15, 0.2) is 47.4 Å². The van der Waals surface area contributed by atoms with Crippen LogP contribution in [0.1, 0.15) is 90.3 Å². The molecule has 1 aromatic rings. The smallest absolute Gasteiger partial charge is 0.416 e. The summed E-state index contributed by atoms with van der Waals surface area (Å²) in [5.74, 6) is 0.0510. The molecule has 0 aromatic heterocycles. The van der Waals surface area contributed by atoms with Crippen LogP contribution in [-0.2, 0) is 23.7 Å². The highest BCUT2D eigenvalue weighted by molar-refractivity contribution is 5.77. The number of allylic oxidation sites excluding steroid dienone is 2. The van der Waals surface area contributed by atoms with E-state index in [9.17, 15) is 36.2 Å². The average molecular weight is 577 g/mol. The summed E-state index contributed by atoms with van der Waals surface area (Å²) >= 11 is 0. The Morgan fingerprint density at radius 1 is 1.00 bits per heavy atom. The van der Waals surface area contributed by atoms with Crippen molar-refractivity contribution in [3.05, 3.63) is 59.1 Å². The number of Topliss-reactive ketones (excluding diaryl/α,β-unsaturated/α-hetero) is 1. The number of carbonyl (C=O) groups excluding carboxylic acids is 1. The van der Waals surface area contributed by atoms with Gasteiger partial charge in [0, 0.05) is 18.5 Å². The number of hydrogen-bond acceptors (Lipinski definition) is 4. The van der Waals surface area contributed by atoms with Crippen molar-refractivity contribution in [2.24, 2.45) is 22.7 Å². The van der Waals surface area contributed by atoms with Crippen molar-refractivity contribution in [2.75, 3.05) is 0 Å². The Labute approximate surface area is 233 Å². The quantitative estimate of drug-likeness (QED) is 0.129. The molecule has 0 bridgehead atoms. The third-order valence-electron chi connectivity index (χ3n) is 7.35. The molecule has 0 aliphatic heterocycles. The van der Waals surface area contributed by atoms with Gasteiger partial charge >= 0.3 is 12.4 Å². The number of carbonyl (C=O) groups is 1. The minimum atomic E-state index is -4.97. The van der Waals surface area contributed by atoms with Gasteiger partial charge in [-0.2, -0.15) is 26.3 Å². The number of hydrogen-bond donors (Lipinski definition) is 1. The fraction of sp³-hybridized carbons (Fsp3) is 0.600. The van der Waals surface area contributed by atoms with Gasteiger partial charge < -0.3 is 10.0 Å². The maximum Gasteiger partial charge on any atom is 0.416 e. The number of ketones is 1. The van der Waals surface area contributed by atoms with Gasteiger partial charge in [0.1, 0.15) is 17.4 Å². The molecule has 0 saturated heterocycles. The van der Waals surface area contributed by atoms with E-state index < -0.39 is 23.5 Å². The van der Waals surface area contributed by atoms with E-state index in [-0.39, 0.29) is 59.3 Å². The summed E-state index contributed by atoms with van der Waals surface area (Å²) in [6.45, 7) is 14.6. The standard InChI is InChI=1S/C30H42F6N2O2/c1-8-19(4)11-27(15-23(9-2)12-20(5)21(6)39)38(22(7)37-17-28(40)10-3)18-24-13-25(29(31,32)33)16-26(14-24)30(34,35)36/h10,13-14,16-17,19-20,23,27,40H,7-9,11-12,15,18H2,1-6H3/b28-10+,37-17?/t19-,20?,23-,27+/m0/s1. The number of nitrogens with zero attached hydrogens (tertiary/aromatic N) is 2. The second-order valence-electron chi connectivity index (χ2n) is 10.6. The molecule has 0 aliphatic rings. The van der Waals surface area contributed by atoms with Crippen molar-refractivity contribution < 1.29 is 36.2 Å². The first-order valence-electron chi connectivity index (χ1n) is 13.6. The summed E-state index contributed by atoms with van der Waals surface area (Å²) in [5.41, 5.74) is -2.97. The number of benzene rings is 1. The Balaban J connectivity index is 3.68. The minimum Gasteiger partial charge on any atom is -0.507 e. The lowest BCUT2D eigenvalue weighted by molar-refractivity contribution is -0.143. The summed E-state index contributed by atoms with van der Waals surface area (Å²) in [5, 5.41) is 9.86. The van der Waals surface area contributed by atoms with Gasteiger partial charge in [0.25, 0.3) is 0 Å². The summed E-state index contributed by atoms with van der Waals surface area (Å²) in [4.78, 5) is 17.8. The van der Waals surface area contributed by atoms with Gasteiger partial charge in [0.05, 0.1) is 17.3 Å². The average Bonchev–Trinajstić information content (AvgIpc) is 2.87. The van der Waals surface area contributed by atoms with Crippen molar-refractivity contribution in [1.82, 2.24) is 4.90 Å². The molecule has 0 amide bonds. The predicted molar refractivity (Wildman–Crippen MR) is 147 cm³/mol. The van der Waals surface area contributed by atoms with Crippen LogP contribution in [0.25, 0.3) is 0 Å². The number of aliphatic imine (C=N–C) groups is 1. The number of alkyl halides is 6. The fourth-order valence-electron chi connectivity index (χ4n) is 4.49. The van der Waals surface area contributed by atoms with Crippen LogP contribution >= 0.6 is 0 Å². The molecule has 1 N–H and O–H groups in total. The van der Waals surface area contributed by atoms with Gasteiger partial charge in [-0.25, -0.2) is 4.99 Å². The molecule has 10 heteroatoms. The summed E-state index contributed by atoms with van der Waals surface area (Å²) in [7, 11) is 0. The Morgan fingerprint density at radius 2 is 1.55 bits per heavy atom. The van der Waals surface area contributed by atoms with E-state index >= 15 is 0 Å². The van der Waals surface area contributed by atoms with Gasteiger partial charge in [0.2, 0.25) is 0 Å². The Hall–Kier alpha value is -2.78. The lowest BCUT2D eigenvalue weighted by Crippen LogP contribution is -2.37. The van der Waals surface area contributed by atoms with Crippen molar-refractivity contribution in [3.8, 4) is 0 Å². The molecule has 1 aromatic carbocycles. The van der Waals surface area contributed by atoms with Gasteiger partial charge in [0.15, 0.2) is 0 Å². The second-order valence-corrected chi connectivity index (χ2v) is 10.6. The fourth-order valence-corrected chi connectivity index (χ4v) is 4.49. The minimum absolute atomic E-state index is 0.0493. The van der Waals surface area contributed by atoms with Gasteiger partial charge in [-0.3, -0.25) is 4.79 Å². The number of halogens is 6. The van der Waals surface area contributed by atoms with Crippen LogP contribution < -0.4 is 0 Å². The van der Waals surface area contributed by atoms with Crippen molar-refractivity contribution in [2.45, 2.75) is 98.6 Å². The topological polar surface area (TPSA) is 52.9 Å². The SMILES string of the molecule is C=C(N=C/C(O)=C\C)N(Cc1cc(C(F)(F)F)cc(C(F)(F)F)c1)[C@H](C[C@@H](C)CC)C[C@@H](CC)CC(C)C(C)=O. The van der Waals surface area contributed by atoms with E-state index in [0.29, 0.717) is 19.3 Å². The zero-order valence-corrected chi connectivity index (χ0v) is 24.2. The van der Waals surface area contributed by atoms with E-state index in [1.807, 2.05) is 27.7 Å². The number of rotatable bonds is 15. The molecule has 0 radical (unpaired) electrons. The molecule has 4 nitrogen and oxygen atoms in total. The first-order chi connectivity index (χ1) is 18.4. The monoisotopic (exact) mass is 576 g/mol. The van der Waals surface area contributed by atoms with E-state index in [4.69, 9.17) is 0 Å². The molecule has 4 atom stereocenters. The van der Waals surface area contributed by atoms with E-state index in [2.05, 4.69) is 11.6 Å². The largest absolute Gasteiger partial charge is 0.507 e. The van der Waals surface area contributed by atoms with Crippen LogP contribution in [0.5, 0.6) is 0 Å². The van der Waals surface area contributed by atoms with Crippen LogP contribution in [0.4, 0.5) is 26.3 Å². The third-order valence-corrected chi connectivity index (χ3v) is 7.35. The second kappa shape index (κ2) is 15.3. The summed E-state index contributed by atoms with van der Waals surface area (Å²) in [6.07, 6.45) is -4.16. The van der Waals surface area contributed by atoms with Gasteiger partial charge in [-0.15, -0.1) is 0 Å². The van der Waals surface area contributed by atoms with Crippen molar-refractivity contribution >= 4 is 12.0 Å². The molecule has 40 heavy (non-hydrogen) atoms. The normalized spacial score (nSPS) is 16.1. The predicted octanol–water partition coefficient (Wildman–Crippen LogP) is 9.37. The van der Waals surface area contributed by atoms with E-state index in [0.717, 1.165) is 31.2 Å². The maximum atomic E-state index is 13.6. The molecule has 0 saturated carbocycles. The first-order valence-corrected chi connectivity index (χ1v) is 13.6.